The van der Waals surface area contributed by atoms with E-state index in [1.165, 1.54) is 17.3 Å². The van der Waals surface area contributed by atoms with Gasteiger partial charge in [-0.15, -0.1) is 0 Å². The lowest BCUT2D eigenvalue weighted by atomic mass is 9.77. The lowest BCUT2D eigenvalue weighted by Crippen LogP contribution is -2.41. The molecule has 1 saturated heterocycles. The second-order valence-electron chi connectivity index (χ2n) is 10.6. The topological polar surface area (TPSA) is 95.7 Å². The molecule has 5 rings (SSSR count). The molecule has 0 spiro atoms. The number of fused-ring (bicyclic) bond motifs is 3. The normalized spacial score (nSPS) is 17.7. The molecule has 1 amide bonds. The lowest BCUT2D eigenvalue weighted by Gasteiger charge is -2.32. The van der Waals surface area contributed by atoms with Crippen molar-refractivity contribution in [1.29, 1.82) is 0 Å². The van der Waals surface area contributed by atoms with Crippen molar-refractivity contribution in [3.05, 3.63) is 88.1 Å². The Labute approximate surface area is 228 Å². The lowest BCUT2D eigenvalue weighted by molar-refractivity contribution is 0.00578. The largest absolute Gasteiger partial charge is 0.492 e. The van der Waals surface area contributed by atoms with Gasteiger partial charge < -0.3 is 25.1 Å². The number of aromatic nitrogens is 1. The molecule has 0 atom stereocenters. The number of nitrogen functional groups attached to an aromatic ring is 1. The van der Waals surface area contributed by atoms with Crippen LogP contribution < -0.4 is 11.1 Å². The summed E-state index contributed by atoms with van der Waals surface area (Å²) >= 11 is 6.02. The third kappa shape index (κ3) is 5.04. The van der Waals surface area contributed by atoms with Gasteiger partial charge in [-0.3, -0.25) is 4.98 Å². The molecule has 3 aromatic rings. The fourth-order valence-corrected chi connectivity index (χ4v) is 4.95. The van der Waals surface area contributed by atoms with E-state index in [4.69, 9.17) is 31.4 Å². The summed E-state index contributed by atoms with van der Waals surface area (Å²) < 4.78 is 18.2. The Balaban J connectivity index is 1.31. The zero-order valence-corrected chi connectivity index (χ0v) is 22.7. The summed E-state index contributed by atoms with van der Waals surface area (Å²) in [7, 11) is -0.703. The number of nitrogens with one attached hydrogen (secondary N) is 1. The van der Waals surface area contributed by atoms with Gasteiger partial charge >= 0.3 is 13.2 Å². The molecule has 3 N–H and O–H groups in total. The van der Waals surface area contributed by atoms with Crippen LogP contribution >= 0.6 is 11.6 Å². The van der Waals surface area contributed by atoms with Crippen LogP contribution in [-0.2, 0) is 14.0 Å². The van der Waals surface area contributed by atoms with Crippen LogP contribution in [-0.4, -0.2) is 42.5 Å². The first-order valence-electron chi connectivity index (χ1n) is 12.6. The van der Waals surface area contributed by atoms with E-state index in [0.717, 1.165) is 11.1 Å². The number of carbonyl (C=O) groups is 1. The zero-order valence-electron chi connectivity index (χ0n) is 22.0. The number of nitrogens with zero attached hydrogens (tertiary/aromatic N) is 1. The predicted octanol–water partition coefficient (Wildman–Crippen LogP) is 5.87. The molecule has 0 radical (unpaired) electrons. The number of alkyl carbamates (subject to hydrolysis) is 1. The number of rotatable bonds is 6. The van der Waals surface area contributed by atoms with Crippen LogP contribution in [0, 0.1) is 0 Å². The molecule has 0 saturated carbocycles. The van der Waals surface area contributed by atoms with Crippen LogP contribution in [0.25, 0.3) is 17.2 Å². The number of ether oxygens (including phenoxy) is 1. The summed E-state index contributed by atoms with van der Waals surface area (Å²) in [5.41, 5.74) is 11.3. The van der Waals surface area contributed by atoms with Gasteiger partial charge in [0.1, 0.15) is 6.61 Å². The van der Waals surface area contributed by atoms with Crippen LogP contribution in [0.1, 0.15) is 50.4 Å². The third-order valence-corrected chi connectivity index (χ3v) is 7.78. The van der Waals surface area contributed by atoms with Gasteiger partial charge in [0.15, 0.2) is 0 Å². The number of carbonyl (C=O) groups excluding carboxylic acids is 1. The number of hydrogen-bond acceptors (Lipinski definition) is 6. The van der Waals surface area contributed by atoms with Crippen LogP contribution in [0.15, 0.2) is 66.3 Å². The van der Waals surface area contributed by atoms with Gasteiger partial charge in [0.05, 0.1) is 27.6 Å². The summed E-state index contributed by atoms with van der Waals surface area (Å²) in [6.45, 7) is 8.23. The Morgan fingerprint density at radius 3 is 2.24 bits per heavy atom. The minimum absolute atomic E-state index is 0.0238. The minimum atomic E-state index is -0.703. The summed E-state index contributed by atoms with van der Waals surface area (Å²) in [5, 5.41) is 3.29. The first kappa shape index (κ1) is 26.3. The predicted molar refractivity (Wildman–Crippen MR) is 151 cm³/mol. The maximum Gasteiger partial charge on any atom is 0.492 e. The van der Waals surface area contributed by atoms with E-state index in [0.29, 0.717) is 21.9 Å². The van der Waals surface area contributed by atoms with Crippen molar-refractivity contribution in [3.63, 3.8) is 0 Å². The van der Waals surface area contributed by atoms with E-state index >= 15 is 0 Å². The first-order chi connectivity index (χ1) is 18.1. The molecule has 1 fully saturated rings. The van der Waals surface area contributed by atoms with Crippen LogP contribution in [0.5, 0.6) is 0 Å². The summed E-state index contributed by atoms with van der Waals surface area (Å²) in [6, 6.07) is 18.1. The van der Waals surface area contributed by atoms with Crippen LogP contribution in [0.2, 0.25) is 5.02 Å². The first-order valence-corrected chi connectivity index (χ1v) is 13.0. The van der Waals surface area contributed by atoms with E-state index in [9.17, 15) is 4.79 Å². The molecule has 2 aromatic carbocycles. The number of amides is 1. The van der Waals surface area contributed by atoms with Crippen molar-refractivity contribution in [2.45, 2.75) is 44.8 Å². The van der Waals surface area contributed by atoms with Gasteiger partial charge in [0.25, 0.3) is 0 Å². The van der Waals surface area contributed by atoms with Crippen LogP contribution in [0.3, 0.4) is 0 Å². The highest BCUT2D eigenvalue weighted by molar-refractivity contribution is 6.56. The monoisotopic (exact) mass is 531 g/mol. The highest BCUT2D eigenvalue weighted by Crippen LogP contribution is 2.44. The quantitative estimate of drug-likeness (QED) is 0.386. The number of anilines is 1. The molecule has 38 heavy (non-hydrogen) atoms. The number of halogens is 1. The number of pyridine rings is 1. The molecule has 9 heteroatoms. The third-order valence-electron chi connectivity index (χ3n) is 7.57. The minimum Gasteiger partial charge on any atom is -0.449 e. The van der Waals surface area contributed by atoms with E-state index in [-0.39, 0.29) is 19.1 Å². The Morgan fingerprint density at radius 2 is 1.66 bits per heavy atom. The van der Waals surface area contributed by atoms with Crippen molar-refractivity contribution in [3.8, 4) is 11.1 Å². The fraction of sp³-hybridized carbons (Fsp3) is 0.310. The summed E-state index contributed by atoms with van der Waals surface area (Å²) in [4.78, 5) is 17.2. The van der Waals surface area contributed by atoms with Gasteiger partial charge in [-0.1, -0.05) is 60.1 Å². The molecule has 0 unspecified atom stereocenters. The van der Waals surface area contributed by atoms with Crippen molar-refractivity contribution in [1.82, 2.24) is 10.3 Å². The second-order valence-corrected chi connectivity index (χ2v) is 11.1. The average Bonchev–Trinajstić information content (AvgIpc) is 3.30. The molecule has 0 bridgehead atoms. The molecule has 2 heterocycles. The van der Waals surface area contributed by atoms with E-state index < -0.39 is 24.4 Å². The van der Waals surface area contributed by atoms with E-state index in [2.05, 4.69) is 34.6 Å². The van der Waals surface area contributed by atoms with Gasteiger partial charge in [-0.05, 0) is 67.6 Å². The smallest absolute Gasteiger partial charge is 0.449 e. The van der Waals surface area contributed by atoms with Crippen molar-refractivity contribution in [2.24, 2.45) is 0 Å². The summed E-state index contributed by atoms with van der Waals surface area (Å²) in [5.74, 6) is -0.0238. The molecular weight excluding hydrogens is 501 g/mol. The second kappa shape index (κ2) is 10.1. The average molecular weight is 532 g/mol. The highest BCUT2D eigenvalue weighted by Gasteiger charge is 2.52. The van der Waals surface area contributed by atoms with Gasteiger partial charge in [-0.2, -0.15) is 0 Å². The molecule has 2 aliphatic rings. The zero-order chi connectivity index (χ0) is 27.1. The maximum atomic E-state index is 12.9. The van der Waals surface area contributed by atoms with E-state index in [1.807, 2.05) is 52.0 Å². The standard InChI is InChI=1S/C29H31BClN3O4/c1-28(2)29(3,4)38-30(37-28)18(13-26-25(32)14-19(31)16-33-26)15-34-27(35)36-17-24-22-11-7-5-9-20(22)21-10-6-8-12-23(21)24/h5-14,16,24H,15,17,32H2,1-4H3,(H,34,35). The SMILES string of the molecule is CC1(C)OB(C(=Cc2ncc(Cl)cc2N)CNC(=O)OCC2c3ccccc3-c3ccccc32)OC1(C)C. The van der Waals surface area contributed by atoms with Crippen molar-refractivity contribution < 1.29 is 18.8 Å². The van der Waals surface area contributed by atoms with Crippen molar-refractivity contribution >= 4 is 36.6 Å². The number of hydrogen-bond donors (Lipinski definition) is 2. The Morgan fingerprint density at radius 1 is 1.08 bits per heavy atom. The van der Waals surface area contributed by atoms with Gasteiger partial charge in [0.2, 0.25) is 0 Å². The molecule has 1 aromatic heterocycles. The van der Waals surface area contributed by atoms with Gasteiger partial charge in [-0.25, -0.2) is 4.79 Å². The summed E-state index contributed by atoms with van der Waals surface area (Å²) in [6.07, 6.45) is 2.74. The van der Waals surface area contributed by atoms with Gasteiger partial charge in [0, 0.05) is 18.7 Å². The van der Waals surface area contributed by atoms with Crippen molar-refractivity contribution in [2.75, 3.05) is 18.9 Å². The molecular formula is C29H31BClN3O4. The maximum absolute atomic E-state index is 12.9. The Bertz CT molecular complexity index is 1350. The fourth-order valence-electron chi connectivity index (χ4n) is 4.78. The Hall–Kier alpha value is -3.33. The molecule has 196 valence electrons. The number of benzene rings is 2. The Kier molecular flexibility index (Phi) is 6.98. The number of nitrogens with two attached hydrogens (primary N) is 1. The molecule has 1 aliphatic carbocycles. The highest BCUT2D eigenvalue weighted by atomic mass is 35.5. The van der Waals surface area contributed by atoms with E-state index in [1.54, 1.807) is 12.1 Å². The molecule has 1 aliphatic heterocycles. The van der Waals surface area contributed by atoms with Crippen LogP contribution in [0.4, 0.5) is 10.5 Å². The molecule has 7 nitrogen and oxygen atoms in total.